The van der Waals surface area contributed by atoms with Crippen molar-refractivity contribution < 1.29 is 21.9 Å². The van der Waals surface area contributed by atoms with Gasteiger partial charge in [0, 0.05) is 28.8 Å². The topological polar surface area (TPSA) is 107 Å². The summed E-state index contributed by atoms with van der Waals surface area (Å²) >= 11 is 13.8. The van der Waals surface area contributed by atoms with E-state index in [1.54, 1.807) is 24.3 Å². The highest BCUT2D eigenvalue weighted by Gasteiger charge is 2.24. The number of ether oxygens (including phenoxy) is 1. The predicted octanol–water partition coefficient (Wildman–Crippen LogP) is 6.84. The van der Waals surface area contributed by atoms with E-state index in [0.717, 1.165) is 23.5 Å². The maximum absolute atomic E-state index is 15.0. The molecule has 0 bridgehead atoms. The third-order valence-corrected chi connectivity index (χ3v) is 7.90. The Hall–Kier alpha value is -3.71. The predicted molar refractivity (Wildman–Crippen MR) is 140 cm³/mol. The molecule has 0 aliphatic carbocycles. The number of benzene rings is 3. The van der Waals surface area contributed by atoms with Crippen LogP contribution in [0.4, 0.5) is 13.9 Å². The molecule has 0 atom stereocenters. The molecular formula is C24H13Cl2F2N5O3S2. The van der Waals surface area contributed by atoms with Crippen molar-refractivity contribution in [1.82, 2.24) is 20.4 Å². The lowest BCUT2D eigenvalue weighted by atomic mass is 9.99. The normalized spacial score (nSPS) is 11.4. The zero-order valence-corrected chi connectivity index (χ0v) is 21.9. The fourth-order valence-electron chi connectivity index (χ4n) is 3.47. The molecule has 0 aliphatic heterocycles. The van der Waals surface area contributed by atoms with Crippen molar-refractivity contribution in [2.75, 3.05) is 4.72 Å². The molecule has 5 aromatic rings. The van der Waals surface area contributed by atoms with Crippen LogP contribution >= 0.6 is 34.5 Å². The molecule has 3 aromatic carbocycles. The first kappa shape index (κ1) is 25.9. The van der Waals surface area contributed by atoms with Crippen molar-refractivity contribution in [1.29, 1.82) is 0 Å². The molecule has 2 heterocycles. The van der Waals surface area contributed by atoms with Crippen LogP contribution < -0.4 is 9.46 Å². The summed E-state index contributed by atoms with van der Waals surface area (Å²) in [4.78, 5) is -0.701. The smallest absolute Gasteiger partial charge is 0.266 e. The summed E-state index contributed by atoms with van der Waals surface area (Å²) in [6.07, 6.45) is 2.96. The van der Waals surface area contributed by atoms with Gasteiger partial charge in [0.25, 0.3) is 10.0 Å². The second-order valence-corrected chi connectivity index (χ2v) is 10.9. The summed E-state index contributed by atoms with van der Waals surface area (Å²) < 4.78 is 61.9. The third-order valence-electron chi connectivity index (χ3n) is 5.20. The zero-order chi connectivity index (χ0) is 26.9. The largest absolute Gasteiger partial charge is 0.455 e. The summed E-state index contributed by atoms with van der Waals surface area (Å²) in [6.45, 7) is 0. The molecule has 0 radical (unpaired) electrons. The van der Waals surface area contributed by atoms with Crippen molar-refractivity contribution in [3.8, 4) is 33.8 Å². The van der Waals surface area contributed by atoms with E-state index in [2.05, 4.69) is 25.1 Å². The minimum absolute atomic E-state index is 0.0349. The van der Waals surface area contributed by atoms with Crippen molar-refractivity contribution >= 4 is 49.7 Å². The number of nitrogens with one attached hydrogen (secondary N) is 1. The first-order valence-electron chi connectivity index (χ1n) is 10.5. The standard InChI is InChI=1S/C24H13Cl2F2N5O3S2/c25-18-8-21(17(14-5-6-29-30-11-14)7-16(18)13-1-3-15(27)4-2-13)36-22-10-20(28)23(9-19(22)26)38(34,35)33-24-32-31-12-37-24/h1-12H,(H,32,33). The molecule has 0 saturated heterocycles. The van der Waals surface area contributed by atoms with Gasteiger partial charge in [0.15, 0.2) is 0 Å². The average molecular weight is 592 g/mol. The second kappa shape index (κ2) is 10.6. The van der Waals surface area contributed by atoms with Crippen molar-refractivity contribution in [3.63, 3.8) is 0 Å². The van der Waals surface area contributed by atoms with Gasteiger partial charge in [-0.05, 0) is 35.9 Å². The molecule has 0 saturated carbocycles. The average Bonchev–Trinajstić information content (AvgIpc) is 3.39. The van der Waals surface area contributed by atoms with Crippen LogP contribution in [0.3, 0.4) is 0 Å². The van der Waals surface area contributed by atoms with Gasteiger partial charge >= 0.3 is 0 Å². The van der Waals surface area contributed by atoms with E-state index in [1.165, 1.54) is 36.1 Å². The molecular weight excluding hydrogens is 579 g/mol. The molecule has 14 heteroatoms. The Balaban J connectivity index is 1.56. The van der Waals surface area contributed by atoms with E-state index < -0.39 is 26.6 Å². The minimum Gasteiger partial charge on any atom is -0.455 e. The Morgan fingerprint density at radius 2 is 1.63 bits per heavy atom. The number of anilines is 1. The van der Waals surface area contributed by atoms with Gasteiger partial charge in [0.05, 0.1) is 22.4 Å². The zero-order valence-electron chi connectivity index (χ0n) is 18.8. The molecule has 5 rings (SSSR count). The first-order chi connectivity index (χ1) is 18.2. The van der Waals surface area contributed by atoms with Crippen LogP contribution in [0.25, 0.3) is 22.3 Å². The van der Waals surface area contributed by atoms with Crippen molar-refractivity contribution in [2.45, 2.75) is 4.90 Å². The van der Waals surface area contributed by atoms with E-state index in [9.17, 15) is 12.8 Å². The number of nitrogens with zero attached hydrogens (tertiary/aromatic N) is 4. The highest BCUT2D eigenvalue weighted by Crippen LogP contribution is 2.43. The molecule has 0 fully saturated rings. The number of hydrogen-bond donors (Lipinski definition) is 1. The SMILES string of the molecule is O=S(=O)(Nc1nncs1)c1cc(Cl)c(Oc2cc(Cl)c(-c3ccc(F)cc3)cc2-c2ccnnc2)cc1F. The van der Waals surface area contributed by atoms with Gasteiger partial charge in [-0.15, -0.1) is 10.2 Å². The highest BCUT2D eigenvalue weighted by molar-refractivity contribution is 7.93. The Morgan fingerprint density at radius 3 is 2.32 bits per heavy atom. The Kier molecular flexibility index (Phi) is 7.21. The van der Waals surface area contributed by atoms with Crippen LogP contribution in [0.1, 0.15) is 0 Å². The van der Waals surface area contributed by atoms with Gasteiger partial charge in [-0.2, -0.15) is 10.2 Å². The number of aromatic nitrogens is 4. The number of sulfonamides is 1. The molecule has 0 aliphatic rings. The van der Waals surface area contributed by atoms with Crippen molar-refractivity contribution in [3.05, 3.63) is 94.2 Å². The van der Waals surface area contributed by atoms with E-state index in [0.29, 0.717) is 22.3 Å². The summed E-state index contributed by atoms with van der Waals surface area (Å²) in [7, 11) is -4.34. The molecule has 38 heavy (non-hydrogen) atoms. The Bertz CT molecular complexity index is 1730. The van der Waals surface area contributed by atoms with Crippen LogP contribution in [-0.2, 0) is 10.0 Å². The van der Waals surface area contributed by atoms with Crippen LogP contribution in [0.5, 0.6) is 11.5 Å². The van der Waals surface area contributed by atoms with E-state index >= 15 is 4.39 Å². The quantitative estimate of drug-likeness (QED) is 0.221. The lowest BCUT2D eigenvalue weighted by Crippen LogP contribution is -2.14. The maximum Gasteiger partial charge on any atom is 0.266 e. The summed E-state index contributed by atoms with van der Waals surface area (Å²) in [5, 5.41) is 14.8. The number of hydrogen-bond acceptors (Lipinski definition) is 8. The second-order valence-electron chi connectivity index (χ2n) is 7.63. The first-order valence-corrected chi connectivity index (χ1v) is 13.7. The van der Waals surface area contributed by atoms with Gasteiger partial charge in [-0.25, -0.2) is 17.2 Å². The fourth-order valence-corrected chi connectivity index (χ4v) is 5.78. The lowest BCUT2D eigenvalue weighted by molar-refractivity contribution is 0.475. The van der Waals surface area contributed by atoms with Crippen molar-refractivity contribution in [2.24, 2.45) is 0 Å². The molecule has 0 amide bonds. The third kappa shape index (κ3) is 5.43. The molecule has 1 N–H and O–H groups in total. The van der Waals surface area contributed by atoms with Crippen LogP contribution in [0, 0.1) is 11.6 Å². The minimum atomic E-state index is -4.34. The highest BCUT2D eigenvalue weighted by atomic mass is 35.5. The van der Waals surface area contributed by atoms with E-state index in [4.69, 9.17) is 27.9 Å². The van der Waals surface area contributed by atoms with E-state index in [1.807, 2.05) is 0 Å². The van der Waals surface area contributed by atoms with Gasteiger partial charge < -0.3 is 4.74 Å². The van der Waals surface area contributed by atoms with Crippen LogP contribution in [-0.4, -0.2) is 28.8 Å². The number of halogens is 4. The Labute approximate surface area is 228 Å². The summed E-state index contributed by atoms with van der Waals surface area (Å²) in [5.74, 6) is -1.49. The van der Waals surface area contributed by atoms with Crippen LogP contribution in [0.15, 0.2) is 77.4 Å². The monoisotopic (exact) mass is 591 g/mol. The maximum atomic E-state index is 15.0. The lowest BCUT2D eigenvalue weighted by Gasteiger charge is -2.16. The number of rotatable bonds is 7. The van der Waals surface area contributed by atoms with Gasteiger partial charge in [-0.3, -0.25) is 4.72 Å². The molecule has 2 aromatic heterocycles. The molecule has 0 unspecified atom stereocenters. The molecule has 192 valence electrons. The van der Waals surface area contributed by atoms with Gasteiger partial charge in [-0.1, -0.05) is 46.7 Å². The summed E-state index contributed by atoms with van der Waals surface area (Å²) in [5.41, 5.74) is 3.63. The molecule has 0 spiro atoms. The van der Waals surface area contributed by atoms with Gasteiger partial charge in [0.2, 0.25) is 5.13 Å². The van der Waals surface area contributed by atoms with E-state index in [-0.39, 0.29) is 26.7 Å². The van der Waals surface area contributed by atoms with Gasteiger partial charge in [0.1, 0.15) is 33.5 Å². The summed E-state index contributed by atoms with van der Waals surface area (Å²) in [6, 6.07) is 12.4. The molecule has 8 nitrogen and oxygen atoms in total. The fraction of sp³-hybridized carbons (Fsp3) is 0. The Morgan fingerprint density at radius 1 is 0.842 bits per heavy atom. The van der Waals surface area contributed by atoms with Crippen LogP contribution in [0.2, 0.25) is 10.0 Å².